The quantitative estimate of drug-likeness (QED) is 0.457. The monoisotopic (exact) mass is 216 g/mol. The van der Waals surface area contributed by atoms with E-state index < -0.39 is 6.16 Å². The van der Waals surface area contributed by atoms with Crippen LogP contribution in [0.3, 0.4) is 0 Å². The number of carbonyl (C=O) groups is 1. The van der Waals surface area contributed by atoms with E-state index in [0.717, 1.165) is 19.3 Å². The Morgan fingerprint density at radius 2 is 1.87 bits per heavy atom. The maximum Gasteiger partial charge on any atom is 0.508 e. The van der Waals surface area contributed by atoms with E-state index in [-0.39, 0.29) is 0 Å². The zero-order chi connectivity index (χ0) is 11.5. The third-order valence-electron chi connectivity index (χ3n) is 2.40. The van der Waals surface area contributed by atoms with Gasteiger partial charge in [-0.2, -0.15) is 0 Å². The summed E-state index contributed by atoms with van der Waals surface area (Å²) in [4.78, 5) is 11.1. The molecule has 0 bridgehead atoms. The fourth-order valence-corrected chi connectivity index (χ4v) is 1.05. The molecule has 0 saturated carbocycles. The van der Waals surface area contributed by atoms with Gasteiger partial charge in [-0.25, -0.2) is 4.79 Å². The first-order chi connectivity index (χ1) is 7.20. The van der Waals surface area contributed by atoms with Gasteiger partial charge in [-0.1, -0.05) is 46.5 Å². The van der Waals surface area contributed by atoms with E-state index in [4.69, 9.17) is 9.47 Å². The molecule has 15 heavy (non-hydrogen) atoms. The zero-order valence-electron chi connectivity index (χ0n) is 10.3. The molecule has 0 aliphatic carbocycles. The van der Waals surface area contributed by atoms with Gasteiger partial charge in [0.2, 0.25) is 0 Å². The van der Waals surface area contributed by atoms with Crippen molar-refractivity contribution in [3.8, 4) is 0 Å². The lowest BCUT2D eigenvalue weighted by atomic mass is 10.1. The van der Waals surface area contributed by atoms with Gasteiger partial charge in [0.15, 0.2) is 0 Å². The molecule has 0 N–H and O–H groups in total. The minimum atomic E-state index is -0.521. The van der Waals surface area contributed by atoms with Crippen LogP contribution in [0.4, 0.5) is 4.79 Å². The first-order valence-electron chi connectivity index (χ1n) is 6.00. The van der Waals surface area contributed by atoms with Crippen molar-refractivity contribution in [3.05, 3.63) is 0 Å². The van der Waals surface area contributed by atoms with Gasteiger partial charge in [0.05, 0.1) is 13.2 Å². The number of rotatable bonds is 8. The summed E-state index contributed by atoms with van der Waals surface area (Å²) >= 11 is 0. The van der Waals surface area contributed by atoms with Crippen molar-refractivity contribution < 1.29 is 14.3 Å². The van der Waals surface area contributed by atoms with E-state index in [2.05, 4.69) is 20.8 Å². The number of hydrogen-bond acceptors (Lipinski definition) is 3. The molecule has 0 rings (SSSR count). The van der Waals surface area contributed by atoms with Crippen LogP contribution in [0, 0.1) is 5.92 Å². The maximum atomic E-state index is 11.1. The maximum absolute atomic E-state index is 11.1. The zero-order valence-corrected chi connectivity index (χ0v) is 10.3. The van der Waals surface area contributed by atoms with Gasteiger partial charge in [0.1, 0.15) is 0 Å². The molecule has 0 aromatic carbocycles. The Bertz CT molecular complexity index is 157. The van der Waals surface area contributed by atoms with Crippen molar-refractivity contribution in [1.82, 2.24) is 0 Å². The van der Waals surface area contributed by atoms with Crippen molar-refractivity contribution in [2.75, 3.05) is 13.2 Å². The Hall–Kier alpha value is -0.730. The van der Waals surface area contributed by atoms with Gasteiger partial charge in [0, 0.05) is 0 Å². The highest BCUT2D eigenvalue weighted by atomic mass is 16.7. The Balaban J connectivity index is 3.26. The molecule has 0 aliphatic heterocycles. The fraction of sp³-hybridized carbons (Fsp3) is 0.917. The standard InChI is InChI=1S/C12H24O3/c1-4-6-7-8-9-14-12(13)15-10-11(3)5-2/h11H,4-10H2,1-3H3. The first kappa shape index (κ1) is 14.3. The van der Waals surface area contributed by atoms with Crippen molar-refractivity contribution in [2.45, 2.75) is 52.9 Å². The molecule has 0 amide bonds. The number of hydrogen-bond donors (Lipinski definition) is 0. The third kappa shape index (κ3) is 9.57. The summed E-state index contributed by atoms with van der Waals surface area (Å²) < 4.78 is 9.86. The Morgan fingerprint density at radius 1 is 1.13 bits per heavy atom. The highest BCUT2D eigenvalue weighted by Crippen LogP contribution is 2.03. The highest BCUT2D eigenvalue weighted by Gasteiger charge is 2.06. The summed E-state index contributed by atoms with van der Waals surface area (Å²) in [6.45, 7) is 7.23. The predicted molar refractivity (Wildman–Crippen MR) is 60.9 cm³/mol. The van der Waals surface area contributed by atoms with Crippen LogP contribution in [0.2, 0.25) is 0 Å². The molecule has 0 radical (unpaired) electrons. The molecule has 3 heteroatoms. The lowest BCUT2D eigenvalue weighted by molar-refractivity contribution is 0.0446. The van der Waals surface area contributed by atoms with Crippen LogP contribution < -0.4 is 0 Å². The summed E-state index contributed by atoms with van der Waals surface area (Å²) in [5.41, 5.74) is 0. The Morgan fingerprint density at radius 3 is 2.47 bits per heavy atom. The van der Waals surface area contributed by atoms with Gasteiger partial charge < -0.3 is 9.47 Å². The molecule has 0 heterocycles. The average Bonchev–Trinajstić information content (AvgIpc) is 2.25. The average molecular weight is 216 g/mol. The first-order valence-corrected chi connectivity index (χ1v) is 6.00. The third-order valence-corrected chi connectivity index (χ3v) is 2.40. The Kier molecular flexibility index (Phi) is 9.33. The fourth-order valence-electron chi connectivity index (χ4n) is 1.05. The summed E-state index contributed by atoms with van der Waals surface area (Å²) in [7, 11) is 0. The van der Waals surface area contributed by atoms with E-state index in [1.807, 2.05) is 0 Å². The van der Waals surface area contributed by atoms with E-state index in [9.17, 15) is 4.79 Å². The molecular formula is C12H24O3. The van der Waals surface area contributed by atoms with Gasteiger partial charge in [-0.05, 0) is 12.3 Å². The lowest BCUT2D eigenvalue weighted by Crippen LogP contribution is -2.13. The van der Waals surface area contributed by atoms with E-state index in [0.29, 0.717) is 19.1 Å². The Labute approximate surface area is 93.1 Å². The van der Waals surface area contributed by atoms with Crippen LogP contribution in [0.15, 0.2) is 0 Å². The summed E-state index contributed by atoms with van der Waals surface area (Å²) in [5, 5.41) is 0. The molecule has 1 atom stereocenters. The van der Waals surface area contributed by atoms with E-state index in [1.165, 1.54) is 12.8 Å². The van der Waals surface area contributed by atoms with Crippen LogP contribution in [0.5, 0.6) is 0 Å². The molecule has 0 spiro atoms. The topological polar surface area (TPSA) is 35.5 Å². The minimum Gasteiger partial charge on any atom is -0.434 e. The molecule has 90 valence electrons. The lowest BCUT2D eigenvalue weighted by Gasteiger charge is -2.09. The van der Waals surface area contributed by atoms with Gasteiger partial charge in [0.25, 0.3) is 0 Å². The number of unbranched alkanes of at least 4 members (excludes halogenated alkanes) is 3. The molecular weight excluding hydrogens is 192 g/mol. The van der Waals surface area contributed by atoms with Crippen molar-refractivity contribution in [2.24, 2.45) is 5.92 Å². The highest BCUT2D eigenvalue weighted by molar-refractivity contribution is 5.59. The van der Waals surface area contributed by atoms with Crippen molar-refractivity contribution in [3.63, 3.8) is 0 Å². The summed E-state index contributed by atoms with van der Waals surface area (Å²) in [6, 6.07) is 0. The van der Waals surface area contributed by atoms with Crippen molar-refractivity contribution >= 4 is 6.16 Å². The van der Waals surface area contributed by atoms with E-state index in [1.54, 1.807) is 0 Å². The largest absolute Gasteiger partial charge is 0.508 e. The summed E-state index contributed by atoms with van der Waals surface area (Å²) in [6.07, 6.45) is 4.95. The molecule has 0 fully saturated rings. The van der Waals surface area contributed by atoms with Gasteiger partial charge in [-0.3, -0.25) is 0 Å². The number of ether oxygens (including phenoxy) is 2. The van der Waals surface area contributed by atoms with Gasteiger partial charge >= 0.3 is 6.16 Å². The minimum absolute atomic E-state index is 0.414. The second kappa shape index (κ2) is 9.81. The smallest absolute Gasteiger partial charge is 0.434 e. The molecule has 0 aliphatic rings. The second-order valence-electron chi connectivity index (χ2n) is 3.98. The van der Waals surface area contributed by atoms with Crippen LogP contribution in [0.25, 0.3) is 0 Å². The molecule has 0 aromatic rings. The summed E-state index contributed by atoms with van der Waals surface area (Å²) in [5.74, 6) is 0.414. The van der Waals surface area contributed by atoms with E-state index >= 15 is 0 Å². The van der Waals surface area contributed by atoms with Crippen LogP contribution in [-0.4, -0.2) is 19.4 Å². The van der Waals surface area contributed by atoms with Crippen LogP contribution in [-0.2, 0) is 9.47 Å². The molecule has 1 unspecified atom stereocenters. The van der Waals surface area contributed by atoms with Crippen LogP contribution in [0.1, 0.15) is 52.9 Å². The second-order valence-corrected chi connectivity index (χ2v) is 3.98. The van der Waals surface area contributed by atoms with Crippen LogP contribution >= 0.6 is 0 Å². The predicted octanol–water partition coefficient (Wildman–Crippen LogP) is 3.77. The van der Waals surface area contributed by atoms with Crippen molar-refractivity contribution in [1.29, 1.82) is 0 Å². The molecule has 0 saturated heterocycles. The van der Waals surface area contributed by atoms with Gasteiger partial charge in [-0.15, -0.1) is 0 Å². The molecule has 3 nitrogen and oxygen atoms in total. The normalized spacial score (nSPS) is 12.2. The SMILES string of the molecule is CCCCCCOC(=O)OCC(C)CC. The number of carbonyl (C=O) groups excluding carboxylic acids is 1. The molecule has 0 aromatic heterocycles.